The summed E-state index contributed by atoms with van der Waals surface area (Å²) in [4.78, 5) is 27.7. The number of carbonyl (C=O) groups is 2. The summed E-state index contributed by atoms with van der Waals surface area (Å²) in [6, 6.07) is 13.7. The summed E-state index contributed by atoms with van der Waals surface area (Å²) >= 11 is 1.48. The Morgan fingerprint density at radius 3 is 2.44 bits per heavy atom. The number of carboxylic acid groups (broad SMARTS) is 1. The molecule has 0 saturated carbocycles. The van der Waals surface area contributed by atoms with Crippen LogP contribution in [0.2, 0.25) is 18.1 Å². The van der Waals surface area contributed by atoms with Crippen LogP contribution in [0.1, 0.15) is 38.8 Å². The number of carbonyl (C=O) groups excluding carboxylic acids is 1. The molecular weight excluding hydrogens is 464 g/mol. The summed E-state index contributed by atoms with van der Waals surface area (Å²) in [7, 11) is -2.07. The van der Waals surface area contributed by atoms with E-state index in [1.165, 1.54) is 16.7 Å². The zero-order valence-corrected chi connectivity index (χ0v) is 22.4. The van der Waals surface area contributed by atoms with Gasteiger partial charge in [0, 0.05) is 22.6 Å². The molecule has 0 aliphatic carbocycles. The van der Waals surface area contributed by atoms with Crippen LogP contribution in [0, 0.1) is 5.92 Å². The van der Waals surface area contributed by atoms with E-state index in [-0.39, 0.29) is 34.0 Å². The summed E-state index contributed by atoms with van der Waals surface area (Å²) < 4.78 is 8.59. The normalized spacial score (nSPS) is 21.4. The number of fused-ring (bicyclic) bond motifs is 1. The monoisotopic (exact) mass is 497 g/mol. The Bertz CT molecular complexity index is 1140. The third-order valence-corrected chi connectivity index (χ3v) is 13.1. The number of aliphatic carboxylic acids is 1. The molecule has 0 radical (unpaired) electrons. The van der Waals surface area contributed by atoms with Crippen LogP contribution in [0.3, 0.4) is 0 Å². The lowest BCUT2D eigenvalue weighted by molar-refractivity contribution is -0.688. The van der Waals surface area contributed by atoms with E-state index in [0.29, 0.717) is 11.4 Å². The minimum absolute atomic E-state index is 0.0280. The zero-order chi connectivity index (χ0) is 24.8. The number of pyridine rings is 1. The molecule has 1 amide bonds. The SMILES string of the molecule is C[C@@H](O[Si](C)(C)C(C)(C)C)[C@H]1C(=O)N2C(C(=O)O)=C(c3ccccc3C[n+]3ccccc3)S[C@H]12. The number of rotatable bonds is 7. The van der Waals surface area contributed by atoms with Crippen LogP contribution in [0.4, 0.5) is 0 Å². The van der Waals surface area contributed by atoms with Crippen LogP contribution in [0.25, 0.3) is 4.91 Å². The fourth-order valence-corrected chi connectivity index (χ4v) is 7.38. The molecule has 1 N–H and O–H groups in total. The Morgan fingerprint density at radius 2 is 1.82 bits per heavy atom. The van der Waals surface area contributed by atoms with Crippen LogP contribution >= 0.6 is 11.8 Å². The standard InChI is InChI=1S/C26H32N2O4SSi/c1-17(32-34(5,6)26(2,3)4)20-23(29)28-21(25(30)31)22(33-24(20)28)19-13-9-8-12-18(19)16-27-14-10-7-11-15-27/h7-15,17,20,24H,16H2,1-6H3/p+1/t17-,20+,24-/m1/s1. The molecular formula is C26H33N2O4SSi+. The summed E-state index contributed by atoms with van der Waals surface area (Å²) in [6.45, 7) is 13.4. The summed E-state index contributed by atoms with van der Waals surface area (Å²) in [5.74, 6) is -1.59. The molecule has 3 heterocycles. The fourth-order valence-electron chi connectivity index (χ4n) is 4.29. The van der Waals surface area contributed by atoms with E-state index in [1.54, 1.807) is 0 Å². The molecule has 1 aromatic carbocycles. The maximum absolute atomic E-state index is 13.2. The van der Waals surface area contributed by atoms with Crippen molar-refractivity contribution >= 4 is 36.9 Å². The molecule has 1 saturated heterocycles. The Morgan fingerprint density at radius 1 is 1.18 bits per heavy atom. The lowest BCUT2D eigenvalue weighted by Crippen LogP contribution is -2.62. The molecule has 0 bridgehead atoms. The van der Waals surface area contributed by atoms with Gasteiger partial charge >= 0.3 is 5.97 Å². The predicted molar refractivity (Wildman–Crippen MR) is 136 cm³/mol. The Labute approximate surface area is 206 Å². The number of aromatic nitrogens is 1. The van der Waals surface area contributed by atoms with Gasteiger partial charge in [-0.15, -0.1) is 0 Å². The van der Waals surface area contributed by atoms with Crippen LogP contribution in [0.5, 0.6) is 0 Å². The quantitative estimate of drug-likeness (QED) is 0.341. The molecule has 2 aliphatic heterocycles. The van der Waals surface area contributed by atoms with Gasteiger partial charge in [0.15, 0.2) is 27.3 Å². The van der Waals surface area contributed by atoms with Gasteiger partial charge in [0.25, 0.3) is 0 Å². The minimum atomic E-state index is -2.07. The van der Waals surface area contributed by atoms with Crippen LogP contribution in [0.15, 0.2) is 60.6 Å². The molecule has 1 aromatic heterocycles. The van der Waals surface area contributed by atoms with Gasteiger partial charge in [0.05, 0.1) is 12.0 Å². The van der Waals surface area contributed by atoms with Crippen molar-refractivity contribution in [3.63, 3.8) is 0 Å². The maximum Gasteiger partial charge on any atom is 0.353 e. The van der Waals surface area contributed by atoms with Gasteiger partial charge in [-0.3, -0.25) is 9.69 Å². The van der Waals surface area contributed by atoms with Crippen LogP contribution < -0.4 is 4.57 Å². The Balaban J connectivity index is 1.64. The second-order valence-electron chi connectivity index (χ2n) is 10.5. The van der Waals surface area contributed by atoms with Crippen molar-refractivity contribution in [1.82, 2.24) is 4.90 Å². The lowest BCUT2D eigenvalue weighted by Gasteiger charge is -2.48. The van der Waals surface area contributed by atoms with Crippen molar-refractivity contribution in [2.24, 2.45) is 5.92 Å². The van der Waals surface area contributed by atoms with Crippen molar-refractivity contribution in [2.75, 3.05) is 0 Å². The first kappa shape index (κ1) is 24.7. The lowest BCUT2D eigenvalue weighted by atomic mass is 9.92. The fraction of sp³-hybridized carbons (Fsp3) is 0.423. The van der Waals surface area contributed by atoms with E-state index >= 15 is 0 Å². The second-order valence-corrected chi connectivity index (χ2v) is 16.4. The number of hydrogen-bond acceptors (Lipinski definition) is 4. The third kappa shape index (κ3) is 4.34. The minimum Gasteiger partial charge on any atom is -0.477 e. The predicted octanol–water partition coefficient (Wildman–Crippen LogP) is 4.72. The van der Waals surface area contributed by atoms with Crippen LogP contribution in [-0.2, 0) is 20.6 Å². The van der Waals surface area contributed by atoms with Gasteiger partial charge in [-0.2, -0.15) is 0 Å². The Kier molecular flexibility index (Phi) is 6.52. The average Bonchev–Trinajstić information content (AvgIpc) is 3.09. The summed E-state index contributed by atoms with van der Waals surface area (Å²) in [5, 5.41) is 9.86. The zero-order valence-electron chi connectivity index (χ0n) is 20.6. The van der Waals surface area contributed by atoms with E-state index in [9.17, 15) is 14.7 Å². The number of β-lactam (4-membered cyclic amide) rings is 1. The molecule has 8 heteroatoms. The molecule has 180 valence electrons. The Hall–Kier alpha value is -2.42. The largest absolute Gasteiger partial charge is 0.477 e. The highest BCUT2D eigenvalue weighted by Crippen LogP contribution is 2.55. The number of carboxylic acids is 1. The average molecular weight is 498 g/mol. The molecule has 2 aliphatic rings. The number of thioether (sulfide) groups is 1. The van der Waals surface area contributed by atoms with Crippen molar-refractivity contribution < 1.29 is 23.7 Å². The summed E-state index contributed by atoms with van der Waals surface area (Å²) in [6.07, 6.45) is 3.70. The van der Waals surface area contributed by atoms with Crippen molar-refractivity contribution in [3.05, 3.63) is 71.7 Å². The molecule has 6 nitrogen and oxygen atoms in total. The molecule has 34 heavy (non-hydrogen) atoms. The van der Waals surface area contributed by atoms with Crippen LogP contribution in [-0.4, -0.2) is 41.7 Å². The molecule has 3 atom stereocenters. The first-order valence-electron chi connectivity index (χ1n) is 11.6. The highest BCUT2D eigenvalue weighted by molar-refractivity contribution is 8.09. The molecule has 0 spiro atoms. The van der Waals surface area contributed by atoms with E-state index in [0.717, 1.165) is 11.1 Å². The van der Waals surface area contributed by atoms with Crippen molar-refractivity contribution in [3.8, 4) is 0 Å². The molecule has 1 fully saturated rings. The van der Waals surface area contributed by atoms with E-state index in [2.05, 4.69) is 38.4 Å². The van der Waals surface area contributed by atoms with Gasteiger partial charge in [0.2, 0.25) is 5.91 Å². The highest BCUT2D eigenvalue weighted by Gasteiger charge is 2.59. The van der Waals surface area contributed by atoms with Gasteiger partial charge in [-0.1, -0.05) is 62.9 Å². The first-order valence-corrected chi connectivity index (χ1v) is 15.4. The topological polar surface area (TPSA) is 70.7 Å². The number of nitrogens with zero attached hydrogens (tertiary/aromatic N) is 2. The van der Waals surface area contributed by atoms with E-state index in [1.807, 2.05) is 61.8 Å². The van der Waals surface area contributed by atoms with Gasteiger partial charge in [-0.05, 0) is 30.6 Å². The third-order valence-electron chi connectivity index (χ3n) is 7.17. The van der Waals surface area contributed by atoms with Gasteiger partial charge in [0.1, 0.15) is 11.1 Å². The van der Waals surface area contributed by atoms with Crippen molar-refractivity contribution in [2.45, 2.75) is 63.8 Å². The van der Waals surface area contributed by atoms with E-state index < -0.39 is 14.3 Å². The van der Waals surface area contributed by atoms with Gasteiger partial charge < -0.3 is 9.53 Å². The molecule has 4 rings (SSSR count). The number of amides is 1. The molecule has 0 unspecified atom stereocenters. The maximum atomic E-state index is 13.2. The first-order chi connectivity index (χ1) is 15.9. The highest BCUT2D eigenvalue weighted by atomic mass is 32.2. The van der Waals surface area contributed by atoms with Gasteiger partial charge in [-0.25, -0.2) is 9.36 Å². The van der Waals surface area contributed by atoms with E-state index in [4.69, 9.17) is 4.43 Å². The second kappa shape index (κ2) is 8.98. The number of benzene rings is 1. The molecule has 2 aromatic rings. The smallest absolute Gasteiger partial charge is 0.353 e. The number of hydrogen-bond donors (Lipinski definition) is 1. The van der Waals surface area contributed by atoms with Crippen molar-refractivity contribution in [1.29, 1.82) is 0 Å². The summed E-state index contributed by atoms with van der Waals surface area (Å²) in [5.41, 5.74) is 1.96.